The third kappa shape index (κ3) is 3.66. The van der Waals surface area contributed by atoms with E-state index in [1.165, 1.54) is 12.8 Å². The van der Waals surface area contributed by atoms with Crippen molar-refractivity contribution in [3.05, 3.63) is 30.1 Å². The molecule has 3 aliphatic rings. The van der Waals surface area contributed by atoms with Crippen LogP contribution in [0.5, 0.6) is 0 Å². The van der Waals surface area contributed by atoms with Crippen molar-refractivity contribution < 1.29 is 14.3 Å². The Hall–Kier alpha value is -2.11. The Morgan fingerprint density at radius 2 is 1.89 bits per heavy atom. The standard InChI is InChI=1S/C21H29N3O3/c1-21(14-27-20(26)23-21)17-8-12-24(13-9-17)19(25)18(15-4-2-3-5-15)16-6-10-22-11-7-16/h6-7,10-11,15,17-18H,2-5,8-9,12-14H2,1H3,(H,23,26). The van der Waals surface area contributed by atoms with E-state index in [9.17, 15) is 9.59 Å². The van der Waals surface area contributed by atoms with Crippen molar-refractivity contribution in [1.29, 1.82) is 0 Å². The van der Waals surface area contributed by atoms with Gasteiger partial charge in [-0.2, -0.15) is 0 Å². The lowest BCUT2D eigenvalue weighted by Gasteiger charge is -2.40. The molecule has 3 heterocycles. The van der Waals surface area contributed by atoms with E-state index in [1.54, 1.807) is 12.4 Å². The SMILES string of the molecule is CC1(C2CCN(C(=O)C(c3ccncc3)C3CCCC3)CC2)COC(=O)N1. The minimum Gasteiger partial charge on any atom is -0.447 e. The molecule has 1 aromatic rings. The van der Waals surface area contributed by atoms with Gasteiger partial charge in [0.25, 0.3) is 0 Å². The summed E-state index contributed by atoms with van der Waals surface area (Å²) in [4.78, 5) is 31.1. The summed E-state index contributed by atoms with van der Waals surface area (Å²) in [5.41, 5.74) is 0.801. The van der Waals surface area contributed by atoms with Crippen LogP contribution in [0.15, 0.2) is 24.5 Å². The summed E-state index contributed by atoms with van der Waals surface area (Å²) in [6.45, 7) is 3.98. The number of cyclic esters (lactones) is 1. The topological polar surface area (TPSA) is 71.5 Å². The molecule has 1 aliphatic carbocycles. The second kappa shape index (κ2) is 7.49. The number of rotatable bonds is 4. The number of hydrogen-bond donors (Lipinski definition) is 1. The van der Waals surface area contributed by atoms with Crippen LogP contribution in [0.1, 0.15) is 56.9 Å². The predicted octanol–water partition coefficient (Wildman–Crippen LogP) is 3.09. The summed E-state index contributed by atoms with van der Waals surface area (Å²) in [5.74, 6) is 1.01. The molecule has 2 saturated heterocycles. The Kier molecular flexibility index (Phi) is 5.06. The summed E-state index contributed by atoms with van der Waals surface area (Å²) in [6, 6.07) is 4.00. The van der Waals surface area contributed by atoms with Crippen LogP contribution in [0.4, 0.5) is 4.79 Å². The van der Waals surface area contributed by atoms with E-state index < -0.39 is 0 Å². The molecule has 0 bridgehead atoms. The smallest absolute Gasteiger partial charge is 0.407 e. The molecule has 1 N–H and O–H groups in total. The Labute approximate surface area is 160 Å². The van der Waals surface area contributed by atoms with E-state index in [-0.39, 0.29) is 23.5 Å². The van der Waals surface area contributed by atoms with Gasteiger partial charge in [-0.25, -0.2) is 4.79 Å². The van der Waals surface area contributed by atoms with Crippen LogP contribution in [0.25, 0.3) is 0 Å². The highest BCUT2D eigenvalue weighted by Crippen LogP contribution is 2.39. The van der Waals surface area contributed by atoms with E-state index in [0.717, 1.165) is 44.3 Å². The second-order valence-corrected chi connectivity index (χ2v) is 8.52. The van der Waals surface area contributed by atoms with Gasteiger partial charge in [0.1, 0.15) is 6.61 Å². The predicted molar refractivity (Wildman–Crippen MR) is 101 cm³/mol. The monoisotopic (exact) mass is 371 g/mol. The molecule has 4 rings (SSSR count). The fraction of sp³-hybridized carbons (Fsp3) is 0.667. The number of piperidine rings is 1. The Bertz CT molecular complexity index is 681. The maximum Gasteiger partial charge on any atom is 0.407 e. The van der Waals surface area contributed by atoms with Gasteiger partial charge in [0.05, 0.1) is 11.5 Å². The lowest BCUT2D eigenvalue weighted by atomic mass is 9.79. The number of carbonyl (C=O) groups excluding carboxylic acids is 2. The first-order chi connectivity index (χ1) is 13.1. The zero-order valence-electron chi connectivity index (χ0n) is 16.0. The van der Waals surface area contributed by atoms with Crippen LogP contribution in [0.2, 0.25) is 0 Å². The first-order valence-electron chi connectivity index (χ1n) is 10.2. The Balaban J connectivity index is 1.44. The zero-order chi connectivity index (χ0) is 18.9. The lowest BCUT2D eigenvalue weighted by Crippen LogP contribution is -2.52. The number of nitrogens with zero attached hydrogens (tertiary/aromatic N) is 2. The third-order valence-electron chi connectivity index (χ3n) is 6.80. The number of amides is 2. The van der Waals surface area contributed by atoms with Gasteiger partial charge in [-0.3, -0.25) is 9.78 Å². The number of alkyl carbamates (subject to hydrolysis) is 1. The van der Waals surface area contributed by atoms with E-state index >= 15 is 0 Å². The van der Waals surface area contributed by atoms with Crippen LogP contribution in [-0.4, -0.2) is 47.1 Å². The van der Waals surface area contributed by atoms with Crippen molar-refractivity contribution in [2.75, 3.05) is 19.7 Å². The fourth-order valence-corrected chi connectivity index (χ4v) is 5.15. The molecule has 2 unspecified atom stereocenters. The zero-order valence-corrected chi connectivity index (χ0v) is 16.0. The minimum atomic E-state index is -0.324. The molecule has 3 fully saturated rings. The van der Waals surface area contributed by atoms with Gasteiger partial charge in [-0.1, -0.05) is 12.8 Å². The average molecular weight is 371 g/mol. The molecule has 2 atom stereocenters. The number of aromatic nitrogens is 1. The van der Waals surface area contributed by atoms with E-state index in [0.29, 0.717) is 18.4 Å². The number of likely N-dealkylation sites (tertiary alicyclic amines) is 1. The molecule has 6 nitrogen and oxygen atoms in total. The van der Waals surface area contributed by atoms with Gasteiger partial charge in [0.15, 0.2) is 0 Å². The molecule has 6 heteroatoms. The van der Waals surface area contributed by atoms with Crippen LogP contribution < -0.4 is 5.32 Å². The Morgan fingerprint density at radius 1 is 1.22 bits per heavy atom. The van der Waals surface area contributed by atoms with Crippen molar-refractivity contribution in [3.8, 4) is 0 Å². The van der Waals surface area contributed by atoms with Crippen LogP contribution >= 0.6 is 0 Å². The molecule has 146 valence electrons. The maximum atomic E-state index is 13.5. The summed E-state index contributed by atoms with van der Waals surface area (Å²) >= 11 is 0. The van der Waals surface area contributed by atoms with Crippen molar-refractivity contribution in [2.24, 2.45) is 11.8 Å². The highest BCUT2D eigenvalue weighted by Gasteiger charge is 2.44. The van der Waals surface area contributed by atoms with Gasteiger partial charge in [-0.05, 0) is 62.1 Å². The molecule has 2 amide bonds. The van der Waals surface area contributed by atoms with Gasteiger partial charge in [-0.15, -0.1) is 0 Å². The molecule has 0 aromatic carbocycles. The number of ether oxygens (including phenoxy) is 1. The van der Waals surface area contributed by atoms with Gasteiger partial charge in [0.2, 0.25) is 5.91 Å². The first-order valence-corrected chi connectivity index (χ1v) is 10.2. The van der Waals surface area contributed by atoms with E-state index in [2.05, 4.69) is 17.2 Å². The quantitative estimate of drug-likeness (QED) is 0.883. The molecule has 1 aromatic heterocycles. The second-order valence-electron chi connectivity index (χ2n) is 8.52. The van der Waals surface area contributed by atoms with Gasteiger partial charge < -0.3 is 15.0 Å². The largest absolute Gasteiger partial charge is 0.447 e. The minimum absolute atomic E-state index is 0.0443. The van der Waals surface area contributed by atoms with E-state index in [4.69, 9.17) is 4.74 Å². The Morgan fingerprint density at radius 3 is 2.48 bits per heavy atom. The number of nitrogens with one attached hydrogen (secondary N) is 1. The molecule has 0 radical (unpaired) electrons. The first kappa shape index (κ1) is 18.3. The summed E-state index contributed by atoms with van der Waals surface area (Å²) in [6.07, 6.45) is 9.78. The highest BCUT2D eigenvalue weighted by atomic mass is 16.6. The molecule has 1 saturated carbocycles. The lowest BCUT2D eigenvalue weighted by molar-refractivity contribution is -0.136. The van der Waals surface area contributed by atoms with E-state index in [1.807, 2.05) is 17.0 Å². The molecule has 2 aliphatic heterocycles. The number of pyridine rings is 1. The summed E-state index contributed by atoms with van der Waals surface area (Å²) in [5, 5.41) is 2.97. The molecular formula is C21H29N3O3. The highest BCUT2D eigenvalue weighted by molar-refractivity contribution is 5.84. The number of hydrogen-bond acceptors (Lipinski definition) is 4. The fourth-order valence-electron chi connectivity index (χ4n) is 5.15. The summed E-state index contributed by atoms with van der Waals surface area (Å²) in [7, 11) is 0. The van der Waals surface area contributed by atoms with Crippen molar-refractivity contribution in [1.82, 2.24) is 15.2 Å². The maximum absolute atomic E-state index is 13.5. The van der Waals surface area contributed by atoms with Crippen molar-refractivity contribution in [2.45, 2.75) is 56.9 Å². The van der Waals surface area contributed by atoms with Crippen LogP contribution in [0.3, 0.4) is 0 Å². The molecule has 27 heavy (non-hydrogen) atoms. The third-order valence-corrected chi connectivity index (χ3v) is 6.80. The molecular weight excluding hydrogens is 342 g/mol. The normalized spacial score (nSPS) is 28.0. The number of carbonyl (C=O) groups is 2. The van der Waals surface area contributed by atoms with Gasteiger partial charge >= 0.3 is 6.09 Å². The van der Waals surface area contributed by atoms with Crippen LogP contribution in [0, 0.1) is 11.8 Å². The van der Waals surface area contributed by atoms with Crippen LogP contribution in [-0.2, 0) is 9.53 Å². The van der Waals surface area contributed by atoms with Crippen molar-refractivity contribution >= 4 is 12.0 Å². The van der Waals surface area contributed by atoms with Crippen molar-refractivity contribution in [3.63, 3.8) is 0 Å². The summed E-state index contributed by atoms with van der Waals surface area (Å²) < 4.78 is 5.12. The molecule has 0 spiro atoms. The average Bonchev–Trinajstić information content (AvgIpc) is 3.33. The van der Waals surface area contributed by atoms with Gasteiger partial charge in [0, 0.05) is 25.5 Å².